The summed E-state index contributed by atoms with van der Waals surface area (Å²) in [5.41, 5.74) is 9.05. The van der Waals surface area contributed by atoms with Gasteiger partial charge in [-0.05, 0) is 37.6 Å². The van der Waals surface area contributed by atoms with Crippen LogP contribution in [-0.2, 0) is 0 Å². The van der Waals surface area contributed by atoms with Crippen LogP contribution in [0.4, 0.5) is 0 Å². The van der Waals surface area contributed by atoms with Crippen molar-refractivity contribution >= 4 is 0 Å². The largest absolute Gasteiger partial charge is 0.326 e. The molecule has 0 radical (unpaired) electrons. The summed E-state index contributed by atoms with van der Waals surface area (Å²) in [4.78, 5) is 2.45. The molecule has 0 aliphatic rings. The van der Waals surface area contributed by atoms with Gasteiger partial charge in [-0.25, -0.2) is 0 Å². The zero-order chi connectivity index (χ0) is 12.8. The first kappa shape index (κ1) is 14.2. The summed E-state index contributed by atoms with van der Waals surface area (Å²) in [6.07, 6.45) is 1.01. The summed E-state index contributed by atoms with van der Waals surface area (Å²) >= 11 is 0. The van der Waals surface area contributed by atoms with E-state index in [0.717, 1.165) is 19.5 Å². The van der Waals surface area contributed by atoms with Crippen molar-refractivity contribution in [2.24, 2.45) is 5.73 Å². The van der Waals surface area contributed by atoms with Crippen molar-refractivity contribution in [1.29, 1.82) is 0 Å². The maximum Gasteiger partial charge on any atom is 0.0501 e. The number of nitrogens with zero attached hydrogens (tertiary/aromatic N) is 1. The van der Waals surface area contributed by atoms with Crippen molar-refractivity contribution in [3.8, 4) is 0 Å². The van der Waals surface area contributed by atoms with Gasteiger partial charge < -0.3 is 5.73 Å². The fourth-order valence-electron chi connectivity index (χ4n) is 2.46. The molecule has 0 heterocycles. The van der Waals surface area contributed by atoms with Crippen molar-refractivity contribution in [3.63, 3.8) is 0 Å². The lowest BCUT2D eigenvalue weighted by Gasteiger charge is -2.35. The Kier molecular flexibility index (Phi) is 5.66. The number of hydrogen-bond acceptors (Lipinski definition) is 2. The second-order valence-corrected chi connectivity index (χ2v) is 4.59. The SMILES string of the molecule is CCC(N)C(c1ccccc1C)N(CC)CC. The van der Waals surface area contributed by atoms with Crippen molar-refractivity contribution in [1.82, 2.24) is 4.90 Å². The molecule has 1 aromatic carbocycles. The minimum Gasteiger partial charge on any atom is -0.326 e. The highest BCUT2D eigenvalue weighted by Gasteiger charge is 2.24. The van der Waals surface area contributed by atoms with Gasteiger partial charge in [0.25, 0.3) is 0 Å². The topological polar surface area (TPSA) is 29.3 Å². The quantitative estimate of drug-likeness (QED) is 0.819. The zero-order valence-electron chi connectivity index (χ0n) is 11.6. The number of benzene rings is 1. The van der Waals surface area contributed by atoms with Gasteiger partial charge >= 0.3 is 0 Å². The smallest absolute Gasteiger partial charge is 0.0501 e. The average Bonchev–Trinajstić information content (AvgIpc) is 2.36. The second-order valence-electron chi connectivity index (χ2n) is 4.59. The van der Waals surface area contributed by atoms with Crippen molar-refractivity contribution in [2.75, 3.05) is 13.1 Å². The Labute approximate surface area is 106 Å². The minimum absolute atomic E-state index is 0.205. The monoisotopic (exact) mass is 234 g/mol. The van der Waals surface area contributed by atoms with E-state index < -0.39 is 0 Å². The molecule has 2 atom stereocenters. The van der Waals surface area contributed by atoms with Crippen LogP contribution in [0.2, 0.25) is 0 Å². The lowest BCUT2D eigenvalue weighted by Crippen LogP contribution is -2.41. The summed E-state index contributed by atoms with van der Waals surface area (Å²) in [6, 6.07) is 9.14. The van der Waals surface area contributed by atoms with Crippen LogP contribution in [0.15, 0.2) is 24.3 Å². The summed E-state index contributed by atoms with van der Waals surface area (Å²) in [5, 5.41) is 0. The first-order valence-electron chi connectivity index (χ1n) is 6.70. The van der Waals surface area contributed by atoms with E-state index in [1.54, 1.807) is 0 Å². The third kappa shape index (κ3) is 3.30. The van der Waals surface area contributed by atoms with E-state index in [9.17, 15) is 0 Å². The highest BCUT2D eigenvalue weighted by atomic mass is 15.2. The van der Waals surface area contributed by atoms with E-state index >= 15 is 0 Å². The molecule has 2 N–H and O–H groups in total. The van der Waals surface area contributed by atoms with Gasteiger partial charge in [0.05, 0.1) is 6.04 Å². The number of aryl methyl sites for hydroxylation is 1. The molecule has 0 aliphatic carbocycles. The van der Waals surface area contributed by atoms with E-state index in [4.69, 9.17) is 5.73 Å². The van der Waals surface area contributed by atoms with Gasteiger partial charge in [-0.15, -0.1) is 0 Å². The normalized spacial score (nSPS) is 14.9. The molecule has 0 aliphatic heterocycles. The maximum atomic E-state index is 6.33. The molecule has 17 heavy (non-hydrogen) atoms. The molecule has 0 saturated carbocycles. The molecule has 1 rings (SSSR count). The van der Waals surface area contributed by atoms with Gasteiger partial charge in [0, 0.05) is 6.04 Å². The van der Waals surface area contributed by atoms with Gasteiger partial charge in [0.1, 0.15) is 0 Å². The van der Waals surface area contributed by atoms with E-state index in [2.05, 4.69) is 56.9 Å². The van der Waals surface area contributed by atoms with Crippen LogP contribution in [0.3, 0.4) is 0 Å². The minimum atomic E-state index is 0.205. The molecular weight excluding hydrogens is 208 g/mol. The predicted molar refractivity (Wildman–Crippen MR) is 75.1 cm³/mol. The highest BCUT2D eigenvalue weighted by molar-refractivity contribution is 5.30. The molecule has 0 fully saturated rings. The fourth-order valence-corrected chi connectivity index (χ4v) is 2.46. The van der Waals surface area contributed by atoms with Crippen LogP contribution in [0.5, 0.6) is 0 Å². The van der Waals surface area contributed by atoms with Gasteiger partial charge in [-0.2, -0.15) is 0 Å². The van der Waals surface area contributed by atoms with E-state index in [1.165, 1.54) is 11.1 Å². The molecule has 2 heteroatoms. The predicted octanol–water partition coefficient (Wildman–Crippen LogP) is 3.12. The third-order valence-corrected chi connectivity index (χ3v) is 3.59. The van der Waals surface area contributed by atoms with Crippen molar-refractivity contribution in [2.45, 2.75) is 46.2 Å². The van der Waals surface area contributed by atoms with E-state index in [1.807, 2.05) is 0 Å². The first-order chi connectivity index (χ1) is 8.15. The fraction of sp³-hybridized carbons (Fsp3) is 0.600. The summed E-state index contributed by atoms with van der Waals surface area (Å²) < 4.78 is 0. The van der Waals surface area contributed by atoms with E-state index in [-0.39, 0.29) is 6.04 Å². The molecular formula is C15H26N2. The Morgan fingerprint density at radius 2 is 1.71 bits per heavy atom. The molecule has 0 amide bonds. The lowest BCUT2D eigenvalue weighted by molar-refractivity contribution is 0.186. The summed E-state index contributed by atoms with van der Waals surface area (Å²) in [5.74, 6) is 0. The zero-order valence-corrected chi connectivity index (χ0v) is 11.6. The van der Waals surface area contributed by atoms with Crippen molar-refractivity contribution < 1.29 is 0 Å². The number of hydrogen-bond donors (Lipinski definition) is 1. The molecule has 96 valence electrons. The number of nitrogens with two attached hydrogens (primary N) is 1. The van der Waals surface area contributed by atoms with Gasteiger partial charge in [-0.1, -0.05) is 45.0 Å². The third-order valence-electron chi connectivity index (χ3n) is 3.59. The second kappa shape index (κ2) is 6.77. The standard InChI is InChI=1S/C15H26N2/c1-5-14(16)15(17(6-2)7-3)13-11-9-8-10-12(13)4/h8-11,14-15H,5-7,16H2,1-4H3. The Balaban J connectivity index is 3.10. The van der Waals surface area contributed by atoms with Crippen LogP contribution in [0.1, 0.15) is 44.4 Å². The Morgan fingerprint density at radius 1 is 1.12 bits per heavy atom. The molecule has 0 bridgehead atoms. The summed E-state index contributed by atoms with van der Waals surface area (Å²) in [7, 11) is 0. The van der Waals surface area contributed by atoms with Crippen LogP contribution >= 0.6 is 0 Å². The molecule has 0 aromatic heterocycles. The van der Waals surface area contributed by atoms with Gasteiger partial charge in [0.15, 0.2) is 0 Å². The maximum absolute atomic E-state index is 6.33. The van der Waals surface area contributed by atoms with E-state index in [0.29, 0.717) is 6.04 Å². The summed E-state index contributed by atoms with van der Waals surface area (Å²) in [6.45, 7) is 10.8. The first-order valence-corrected chi connectivity index (χ1v) is 6.70. The van der Waals surface area contributed by atoms with Gasteiger partial charge in [-0.3, -0.25) is 4.90 Å². The number of likely N-dealkylation sites (N-methyl/N-ethyl adjacent to an activating group) is 1. The molecule has 0 spiro atoms. The number of rotatable bonds is 6. The Morgan fingerprint density at radius 3 is 2.18 bits per heavy atom. The molecule has 2 nitrogen and oxygen atoms in total. The highest BCUT2D eigenvalue weighted by Crippen LogP contribution is 2.27. The van der Waals surface area contributed by atoms with Crippen LogP contribution in [-0.4, -0.2) is 24.0 Å². The Hall–Kier alpha value is -0.860. The van der Waals surface area contributed by atoms with Gasteiger partial charge in [0.2, 0.25) is 0 Å². The Bertz CT molecular complexity index is 331. The average molecular weight is 234 g/mol. The lowest BCUT2D eigenvalue weighted by atomic mass is 9.93. The molecule has 1 aromatic rings. The van der Waals surface area contributed by atoms with Crippen LogP contribution in [0.25, 0.3) is 0 Å². The van der Waals surface area contributed by atoms with Crippen molar-refractivity contribution in [3.05, 3.63) is 35.4 Å². The van der Waals surface area contributed by atoms with Crippen LogP contribution in [0, 0.1) is 6.92 Å². The molecule has 0 saturated heterocycles. The van der Waals surface area contributed by atoms with Crippen LogP contribution < -0.4 is 5.73 Å². The molecule has 2 unspecified atom stereocenters.